The van der Waals surface area contributed by atoms with Crippen LogP contribution in [-0.4, -0.2) is 134 Å². The summed E-state index contributed by atoms with van der Waals surface area (Å²) in [7, 11) is -4.04. The number of rotatable bonds is 39. The second-order valence-electron chi connectivity index (χ2n) is 25.4. The van der Waals surface area contributed by atoms with Crippen LogP contribution in [0.1, 0.15) is 105 Å². The van der Waals surface area contributed by atoms with Crippen LogP contribution < -0.4 is 58.7 Å². The van der Waals surface area contributed by atoms with Gasteiger partial charge in [-0.25, -0.2) is 17.9 Å². The normalized spacial score (nSPS) is 14.5. The molecule has 0 saturated heterocycles. The molecule has 9 amide bonds. The van der Waals surface area contributed by atoms with E-state index in [0.29, 0.717) is 16.9 Å². The molecule has 1 fully saturated rings. The van der Waals surface area contributed by atoms with Crippen LogP contribution in [-0.2, 0) is 84.1 Å². The molecule has 0 aromatic heterocycles. The molecule has 24 nitrogen and oxygen atoms in total. The van der Waals surface area contributed by atoms with Crippen molar-refractivity contribution < 1.29 is 56.3 Å². The lowest BCUT2D eigenvalue weighted by molar-refractivity contribution is -0.136. The minimum absolute atomic E-state index is 0.0120. The minimum Gasteiger partial charge on any atom is -0.445 e. The number of nitrogens with one attached hydrogen (secondary N) is 9. The van der Waals surface area contributed by atoms with Gasteiger partial charge >= 0.3 is 6.09 Å². The van der Waals surface area contributed by atoms with Crippen molar-refractivity contribution in [2.45, 2.75) is 155 Å². The summed E-state index contributed by atoms with van der Waals surface area (Å²) in [5.41, 5.74) is 16.7. The lowest BCUT2D eigenvalue weighted by atomic mass is 9.85. The van der Waals surface area contributed by atoms with E-state index in [-0.39, 0.29) is 79.6 Å². The Kier molecular flexibility index (Phi) is 32.2. The van der Waals surface area contributed by atoms with Gasteiger partial charge in [-0.1, -0.05) is 202 Å². The number of alkyl carbamates (subject to hydrolysis) is 1. The number of carbonyl (C=O) groups excluding carboxylic acids is 9. The maximum atomic E-state index is 14.8. The summed E-state index contributed by atoms with van der Waals surface area (Å²) in [4.78, 5) is 131. The average molecular weight is 1450 g/mol. The Morgan fingerprint density at radius 3 is 1.56 bits per heavy atom. The predicted molar refractivity (Wildman–Crippen MR) is 396 cm³/mol. The van der Waals surface area contributed by atoms with Gasteiger partial charge in [0, 0.05) is 60.9 Å². The van der Waals surface area contributed by atoms with E-state index in [0.717, 1.165) is 60.1 Å². The van der Waals surface area contributed by atoms with Crippen LogP contribution in [0.5, 0.6) is 0 Å². The molecule has 6 aromatic rings. The number of carbonyl (C=O) groups is 9. The number of primary amides is 1. The van der Waals surface area contributed by atoms with Gasteiger partial charge in [-0.15, -0.1) is 11.8 Å². The maximum Gasteiger partial charge on any atom is 0.408 e. The van der Waals surface area contributed by atoms with Crippen molar-refractivity contribution in [3.63, 3.8) is 0 Å². The highest BCUT2D eigenvalue weighted by molar-refractivity contribution is 8.00. The Labute approximate surface area is 605 Å². The van der Waals surface area contributed by atoms with Crippen LogP contribution in [0.25, 0.3) is 0 Å². The zero-order valence-corrected chi connectivity index (χ0v) is 60.2. The van der Waals surface area contributed by atoms with Gasteiger partial charge in [0.2, 0.25) is 53.2 Å². The van der Waals surface area contributed by atoms with Gasteiger partial charge in [0.05, 0.1) is 11.3 Å². The van der Waals surface area contributed by atoms with Crippen molar-refractivity contribution in [1.82, 2.24) is 47.3 Å². The third-order valence-electron chi connectivity index (χ3n) is 16.8. The summed E-state index contributed by atoms with van der Waals surface area (Å²) in [5.74, 6) is -5.79. The fraction of sp³-hybridized carbons (Fsp3) is 0.387. The first-order valence-corrected chi connectivity index (χ1v) is 37.7. The number of nitrogens with two attached hydrogens (primary N) is 2. The summed E-state index contributed by atoms with van der Waals surface area (Å²) in [6, 6.07) is 44.6. The number of hydrogen-bond donors (Lipinski definition) is 11. The molecule has 0 radical (unpaired) electrons. The number of aryl methyl sites for hydroxylation is 1. The molecule has 0 bridgehead atoms. The molecule has 7 rings (SSSR count). The number of ether oxygens (including phenoxy) is 1. The molecule has 1 aliphatic carbocycles. The molecular formula is C75H94N12O12S3. The molecule has 0 unspecified atom stereocenters. The fourth-order valence-corrected chi connectivity index (χ4v) is 14.8. The van der Waals surface area contributed by atoms with Gasteiger partial charge in [0.1, 0.15) is 42.9 Å². The summed E-state index contributed by atoms with van der Waals surface area (Å²) >= 11 is 3.07. The van der Waals surface area contributed by atoms with E-state index in [2.05, 4.69) is 64.4 Å². The van der Waals surface area contributed by atoms with Crippen LogP contribution in [0.2, 0.25) is 0 Å². The number of guanidine groups is 1. The number of thioether (sulfide) groups is 2. The van der Waals surface area contributed by atoms with Crippen molar-refractivity contribution in [2.75, 3.05) is 25.4 Å². The van der Waals surface area contributed by atoms with Gasteiger partial charge < -0.3 is 58.7 Å². The van der Waals surface area contributed by atoms with E-state index in [1.54, 1.807) is 98.4 Å². The summed E-state index contributed by atoms with van der Waals surface area (Å²) in [6.45, 7) is 4.62. The van der Waals surface area contributed by atoms with E-state index in [1.165, 1.54) is 23.9 Å². The first kappa shape index (κ1) is 79.6. The molecule has 6 atom stereocenters. The van der Waals surface area contributed by atoms with Crippen LogP contribution in [0, 0.1) is 12.8 Å². The monoisotopic (exact) mass is 1450 g/mol. The molecule has 1 aliphatic rings. The van der Waals surface area contributed by atoms with Crippen LogP contribution in [0.4, 0.5) is 4.79 Å². The number of sulfonamides is 1. The van der Waals surface area contributed by atoms with Gasteiger partial charge in [-0.2, -0.15) is 11.8 Å². The lowest BCUT2D eigenvalue weighted by Gasteiger charge is -2.37. The van der Waals surface area contributed by atoms with E-state index in [1.807, 2.05) is 85.8 Å². The number of amides is 9. The summed E-state index contributed by atoms with van der Waals surface area (Å²) in [5, 5.41) is 22.0. The number of aliphatic imine (C=N–C) groups is 1. The van der Waals surface area contributed by atoms with Crippen molar-refractivity contribution in [3.8, 4) is 0 Å². The van der Waals surface area contributed by atoms with Crippen molar-refractivity contribution in [2.24, 2.45) is 22.4 Å². The average Bonchev–Trinajstić information content (AvgIpc) is 0.837. The summed E-state index contributed by atoms with van der Waals surface area (Å²) in [6.07, 6.45) is 3.48. The molecule has 1 saturated carbocycles. The first-order chi connectivity index (χ1) is 49.0. The van der Waals surface area contributed by atoms with E-state index in [9.17, 15) is 51.6 Å². The van der Waals surface area contributed by atoms with Gasteiger partial charge in [-0.05, 0) is 78.5 Å². The van der Waals surface area contributed by atoms with E-state index < -0.39 is 112 Å². The van der Waals surface area contributed by atoms with Crippen molar-refractivity contribution >= 4 is 92.9 Å². The topological polar surface area (TPSA) is 370 Å². The molecule has 13 N–H and O–H groups in total. The van der Waals surface area contributed by atoms with Crippen molar-refractivity contribution in [3.05, 3.63) is 209 Å². The van der Waals surface area contributed by atoms with Crippen LogP contribution in [0.15, 0.2) is 186 Å². The SMILES string of the molecule is Cc1ccc(S(=O)(=O)NC(N)=NCCC[C@H](NC(=O)OCc2ccccc2)C(=O)NCCNC(=O)[C@H](CSCc2ccccc2)NC(=O)[C@H](CC(N)=O)NC(=O)[C@@H](NC(=O)[C@H](Cc2ccccc2)NC(=O)[C@@H](Cc2ccccc2)NC(=O)CC2(SCc3ccccc3)CCCCC2)C(C)C)cc1. The molecule has 102 heavy (non-hydrogen) atoms. The zero-order valence-electron chi connectivity index (χ0n) is 57.7. The third kappa shape index (κ3) is 27.7. The Morgan fingerprint density at radius 2 is 1.01 bits per heavy atom. The molecule has 0 aliphatic heterocycles. The highest BCUT2D eigenvalue weighted by Crippen LogP contribution is 2.44. The highest BCUT2D eigenvalue weighted by Gasteiger charge is 2.38. The number of nitrogens with zero attached hydrogens (tertiary/aromatic N) is 1. The number of benzene rings is 6. The van der Waals surface area contributed by atoms with Crippen LogP contribution in [0.3, 0.4) is 0 Å². The Morgan fingerprint density at radius 1 is 0.529 bits per heavy atom. The number of hydrogen-bond acceptors (Lipinski definition) is 15. The van der Waals surface area contributed by atoms with Gasteiger partial charge in [-0.3, -0.25) is 43.3 Å². The lowest BCUT2D eigenvalue weighted by Crippen LogP contribution is -2.61. The maximum absolute atomic E-state index is 14.8. The molecular weight excluding hydrogens is 1360 g/mol. The first-order valence-electron chi connectivity index (χ1n) is 34.1. The Balaban J connectivity index is 1.01. The molecule has 544 valence electrons. The Hall–Kier alpha value is -9.73. The predicted octanol–water partition coefficient (Wildman–Crippen LogP) is 6.30. The van der Waals surface area contributed by atoms with Gasteiger partial charge in [0.15, 0.2) is 0 Å². The molecule has 6 aromatic carbocycles. The fourth-order valence-electron chi connectivity index (χ4n) is 11.3. The zero-order chi connectivity index (χ0) is 73.3. The minimum atomic E-state index is -4.04. The van der Waals surface area contributed by atoms with Crippen molar-refractivity contribution in [1.29, 1.82) is 0 Å². The van der Waals surface area contributed by atoms with E-state index >= 15 is 0 Å². The van der Waals surface area contributed by atoms with Gasteiger partial charge in [0.25, 0.3) is 10.0 Å². The second-order valence-corrected chi connectivity index (χ2v) is 29.6. The summed E-state index contributed by atoms with van der Waals surface area (Å²) < 4.78 is 33.1. The molecule has 27 heteroatoms. The Bertz CT molecular complexity index is 3840. The largest absolute Gasteiger partial charge is 0.445 e. The smallest absolute Gasteiger partial charge is 0.408 e. The molecule has 0 spiro atoms. The quantitative estimate of drug-likeness (QED) is 0.0115. The standard InChI is InChI=1S/C75H94N12O12S3/c1-51(2)66(86-71(94)61(44-54-25-12-5-13-26-54)82-69(92)60(43-53-23-10-4-11-24-53)81-65(89)46-75(38-20-9-21-39-75)101-49-57-31-18-8-19-32-57)72(95)83-62(45-64(76)88)70(93)84-63(50-100-48-56-29-16-7-17-30-56)68(91)79-42-41-78-67(90)59(85-74(96)99-47-55-27-14-6-15-28-55)33-22-40-80-73(77)87-102(97,98)58-36-34-52(3)35-37-58/h4-8,10-19,23-32,34-37,51,59-63,66H,9,20-22,33,38-50H2,1-3H3,(H2,76,88)(H,78,90)(H,79,91)(H,81,89)(H,82,92)(H,83,95)(H,84,93)(H,85,96)(H,86,94)(H3,77,80,87)/t59-,60+,61-,62-,63-,66-/m0/s1. The van der Waals surface area contributed by atoms with Crippen LogP contribution >= 0.6 is 23.5 Å². The molecule has 0 heterocycles. The van der Waals surface area contributed by atoms with E-state index in [4.69, 9.17) is 16.2 Å². The second kappa shape index (κ2) is 41.3. The highest BCUT2D eigenvalue weighted by atomic mass is 32.2. The third-order valence-corrected chi connectivity index (χ3v) is 21.0.